The van der Waals surface area contributed by atoms with E-state index in [4.69, 9.17) is 47.5 Å². The Morgan fingerprint density at radius 2 is 0.424 bits per heavy atom. The molecule has 0 saturated heterocycles. The fourth-order valence-electron chi connectivity index (χ4n) is 7.73. The molecule has 0 aliphatic rings. The molecule has 0 bridgehead atoms. The second kappa shape index (κ2) is 20.7. The van der Waals surface area contributed by atoms with Crippen molar-refractivity contribution in [2.75, 3.05) is 42.7 Å². The Bertz CT molecular complexity index is 1800. The molecule has 0 spiro atoms. The average molecular weight is 968 g/mol. The number of hydrogen-bond acceptors (Lipinski definition) is 6. The van der Waals surface area contributed by atoms with Crippen LogP contribution in [0.4, 0.5) is 0 Å². The van der Waals surface area contributed by atoms with E-state index in [9.17, 15) is 0 Å². The minimum atomic E-state index is -3.64. The Kier molecular flexibility index (Phi) is 15.7. The number of hydrogen-bond donors (Lipinski definition) is 0. The zero-order valence-corrected chi connectivity index (χ0v) is 39.7. The molecule has 0 fully saturated rings. The summed E-state index contributed by atoms with van der Waals surface area (Å²) in [6.07, 6.45) is 4.76. The molecule has 0 N–H and O–H groups in total. The molecular weight excluding hydrogens is 912 g/mol. The van der Waals surface area contributed by atoms with Crippen LogP contribution in [0.5, 0.6) is 34.5 Å². The second-order valence-electron chi connectivity index (χ2n) is 14.7. The third-order valence-corrected chi connectivity index (χ3v) is 65.9. The molecule has 6 aromatic rings. The molecule has 0 aliphatic carbocycles. The molecule has 0 unspecified atom stereocenters. The molecule has 0 heterocycles. The quantitative estimate of drug-likeness (QED) is 0.0561. The average Bonchev–Trinajstić information content (AvgIpc) is 3.27. The van der Waals surface area contributed by atoms with Crippen LogP contribution in [0.25, 0.3) is 0 Å². The third-order valence-electron chi connectivity index (χ3n) is 10.9. The predicted octanol–water partition coefficient (Wildman–Crippen LogP) is 13.0. The number of rotatable bonds is 20. The van der Waals surface area contributed by atoms with Crippen LogP contribution in [0.3, 0.4) is 0 Å². The van der Waals surface area contributed by atoms with Gasteiger partial charge in [-0.15, -0.1) is 0 Å². The van der Waals surface area contributed by atoms with Gasteiger partial charge in [0.25, 0.3) is 0 Å². The summed E-state index contributed by atoms with van der Waals surface area (Å²) in [5.41, 5.74) is 1.40. The van der Waals surface area contributed by atoms with Crippen molar-refractivity contribution in [1.29, 1.82) is 0 Å². The SMILES string of the molecule is COc1ccc(C[PH](Cc2ccc(OC)cc2)(Cc2ccc(OC)cc2)[Pd]([Cl])([Cl])[PH](Cc2ccc(OC)cc2)(Cc2ccc(OC)cc2)Cc2ccc(OC)cc2)cc1. The van der Waals surface area contributed by atoms with Crippen molar-refractivity contribution >= 4 is 30.0 Å². The Balaban J connectivity index is 1.65. The summed E-state index contributed by atoms with van der Waals surface area (Å²) >= 11 is -3.64. The van der Waals surface area contributed by atoms with Crippen molar-refractivity contribution < 1.29 is 40.9 Å². The van der Waals surface area contributed by atoms with Gasteiger partial charge in [-0.05, 0) is 0 Å². The standard InChI is InChI=1S/2C24H27O3P.2ClH.Pd/c2*1-25-22-10-4-19(5-11-22)16-28(17-20-6-12-23(26-2)13-7-20)18-21-8-14-24(27-3)15-9-21;;;/h2*4-15H,16-18H2,1-3H3;2*1H;. The normalized spacial score (nSPS) is 12.6. The Labute approximate surface area is 361 Å². The van der Waals surface area contributed by atoms with E-state index in [0.717, 1.165) is 71.5 Å². The van der Waals surface area contributed by atoms with E-state index in [2.05, 4.69) is 146 Å². The zero-order chi connectivity index (χ0) is 41.9. The predicted molar refractivity (Wildman–Crippen MR) is 249 cm³/mol. The number of methoxy groups -OCH3 is 6. The Morgan fingerprint density at radius 1 is 0.288 bits per heavy atom. The Morgan fingerprint density at radius 3 is 0.542 bits per heavy atom. The van der Waals surface area contributed by atoms with Crippen LogP contribution < -0.4 is 28.4 Å². The zero-order valence-electron chi connectivity index (χ0n) is 34.6. The topological polar surface area (TPSA) is 55.4 Å². The molecular formula is C48H56Cl2O6P2Pd. The monoisotopic (exact) mass is 966 g/mol. The van der Waals surface area contributed by atoms with Gasteiger partial charge in [0.15, 0.2) is 0 Å². The summed E-state index contributed by atoms with van der Waals surface area (Å²) in [5.74, 6) is 4.89. The molecule has 0 aromatic heterocycles. The fraction of sp³-hybridized carbons (Fsp3) is 0.250. The van der Waals surface area contributed by atoms with Crippen molar-refractivity contribution in [3.05, 3.63) is 179 Å². The van der Waals surface area contributed by atoms with Crippen LogP contribution in [-0.4, -0.2) is 42.7 Å². The van der Waals surface area contributed by atoms with Gasteiger partial charge < -0.3 is 0 Å². The fourth-order valence-corrected chi connectivity index (χ4v) is 60.4. The van der Waals surface area contributed by atoms with Crippen LogP contribution >= 0.6 is 30.0 Å². The van der Waals surface area contributed by atoms with Crippen LogP contribution in [-0.2, 0) is 49.5 Å². The van der Waals surface area contributed by atoms with Crippen LogP contribution in [0.15, 0.2) is 146 Å². The molecule has 6 aromatic carbocycles. The first kappa shape index (κ1) is 44.8. The first-order valence-electron chi connectivity index (χ1n) is 19.4. The van der Waals surface area contributed by atoms with Gasteiger partial charge in [-0.2, -0.15) is 0 Å². The summed E-state index contributed by atoms with van der Waals surface area (Å²) in [5, 5.41) is 0. The summed E-state index contributed by atoms with van der Waals surface area (Å²) in [7, 11) is 28.1. The molecule has 0 amide bonds. The van der Waals surface area contributed by atoms with Crippen LogP contribution in [0.2, 0.25) is 0 Å². The van der Waals surface area contributed by atoms with E-state index in [-0.39, 0.29) is 0 Å². The van der Waals surface area contributed by atoms with Crippen molar-refractivity contribution in [2.45, 2.75) is 37.0 Å². The van der Waals surface area contributed by atoms with E-state index in [1.165, 1.54) is 33.4 Å². The molecule has 0 atom stereocenters. The van der Waals surface area contributed by atoms with Crippen molar-refractivity contribution in [1.82, 2.24) is 0 Å². The van der Waals surface area contributed by atoms with Gasteiger partial charge in [0.1, 0.15) is 0 Å². The number of benzene rings is 6. The van der Waals surface area contributed by atoms with Gasteiger partial charge in [-0.3, -0.25) is 0 Å². The first-order chi connectivity index (χ1) is 28.6. The van der Waals surface area contributed by atoms with E-state index in [0.29, 0.717) is 0 Å². The summed E-state index contributed by atoms with van der Waals surface area (Å²) in [6.45, 7) is 0. The number of halogens is 2. The minimum absolute atomic E-state index is 0.793. The van der Waals surface area contributed by atoms with Gasteiger partial charge in [0.2, 0.25) is 0 Å². The molecule has 6 rings (SSSR count). The summed E-state index contributed by atoms with van der Waals surface area (Å²) in [6, 6.07) is 51.0. The van der Waals surface area contributed by atoms with E-state index in [1.54, 1.807) is 42.7 Å². The van der Waals surface area contributed by atoms with E-state index in [1.807, 2.05) is 0 Å². The molecule has 0 radical (unpaired) electrons. The third kappa shape index (κ3) is 10.9. The van der Waals surface area contributed by atoms with Crippen LogP contribution in [0.1, 0.15) is 33.4 Å². The maximum absolute atomic E-state index is 8.92. The second-order valence-corrected chi connectivity index (χ2v) is 50.0. The molecule has 0 saturated carbocycles. The Hall–Kier alpha value is -3.78. The van der Waals surface area contributed by atoms with Crippen LogP contribution in [0, 0.1) is 0 Å². The van der Waals surface area contributed by atoms with Crippen molar-refractivity contribution in [2.24, 2.45) is 0 Å². The van der Waals surface area contributed by atoms with Gasteiger partial charge in [0.05, 0.1) is 0 Å². The first-order valence-corrected chi connectivity index (χ1v) is 32.9. The van der Waals surface area contributed by atoms with Crippen molar-refractivity contribution in [3.63, 3.8) is 0 Å². The molecule has 11 heteroatoms. The summed E-state index contributed by atoms with van der Waals surface area (Å²) in [4.78, 5) is 0. The van der Waals surface area contributed by atoms with Crippen molar-refractivity contribution in [3.8, 4) is 34.5 Å². The van der Waals surface area contributed by atoms with Gasteiger partial charge in [-0.1, -0.05) is 0 Å². The van der Waals surface area contributed by atoms with Gasteiger partial charge in [-0.25, -0.2) is 0 Å². The molecule has 6 nitrogen and oxygen atoms in total. The van der Waals surface area contributed by atoms with Gasteiger partial charge in [0, 0.05) is 0 Å². The van der Waals surface area contributed by atoms with E-state index < -0.39 is 23.4 Å². The molecule has 0 aliphatic heterocycles. The summed E-state index contributed by atoms with van der Waals surface area (Å²) < 4.78 is 33.8. The van der Waals surface area contributed by atoms with E-state index >= 15 is 0 Å². The maximum atomic E-state index is 8.92. The number of ether oxygens (including phenoxy) is 6. The molecule has 318 valence electrons. The van der Waals surface area contributed by atoms with Gasteiger partial charge >= 0.3 is 364 Å². The molecule has 59 heavy (non-hydrogen) atoms.